The maximum absolute atomic E-state index is 13.6. The van der Waals surface area contributed by atoms with Gasteiger partial charge in [0.05, 0.1) is 33.8 Å². The fourth-order valence-electron chi connectivity index (χ4n) is 11.1. The van der Waals surface area contributed by atoms with Crippen molar-refractivity contribution in [2.45, 2.75) is 386 Å². The van der Waals surface area contributed by atoms with Crippen LogP contribution in [0.1, 0.15) is 374 Å². The van der Waals surface area contributed by atoms with Crippen molar-refractivity contribution >= 4 is 19.7 Å². The summed E-state index contributed by atoms with van der Waals surface area (Å²) in [6, 6.07) is -0.885. The highest BCUT2D eigenvalue weighted by Crippen LogP contribution is 2.38. The molecule has 0 rings (SSSR count). The minimum Gasteiger partial charge on any atom is -0.756 e. The molecule has 3 atom stereocenters. The largest absolute Gasteiger partial charge is 0.756 e. The van der Waals surface area contributed by atoms with Crippen LogP contribution in [-0.4, -0.2) is 69.4 Å². The van der Waals surface area contributed by atoms with Crippen LogP contribution < -0.4 is 10.2 Å². The van der Waals surface area contributed by atoms with Crippen molar-refractivity contribution in [3.8, 4) is 0 Å². The van der Waals surface area contributed by atoms with Crippen LogP contribution in [0.4, 0.5) is 0 Å². The second-order valence-corrected chi connectivity index (χ2v) is 27.9. The lowest BCUT2D eigenvalue weighted by atomic mass is 10.0. The van der Waals surface area contributed by atoms with E-state index in [0.717, 1.165) is 64.2 Å². The Morgan fingerprint density at radius 1 is 0.417 bits per heavy atom. The van der Waals surface area contributed by atoms with Gasteiger partial charge in [0.25, 0.3) is 7.82 Å². The molecule has 0 aliphatic heterocycles. The average Bonchev–Trinajstić information content (AvgIpc) is 3.64. The van der Waals surface area contributed by atoms with E-state index in [1.54, 1.807) is 0 Å². The summed E-state index contributed by atoms with van der Waals surface area (Å²) in [4.78, 5) is 40.2. The standard InChI is InChI=1S/C74H143N2O7P/c1-7-10-13-16-19-22-25-28-30-32-34-36-37-38-39-41-42-44-46-48-51-54-57-60-63-66-73(77)75-71(70-82-84(79,80)81-69-68-76(4,5)6)72(65-62-59-56-53-50-27-24-21-18-15-12-9-3)83-74(78)67-64-61-58-55-52-49-47-45-43-40-35-33-31-29-26-23-20-17-14-11-8-2/h19,22,28,30,62,65,71-72H,7-18,20-21,23-27,29,31-61,63-64,66-70H2,1-6H3,(H-,75,77,79,80)/b22-19-,30-28-,65-62+. The number of unbranched alkanes of at least 4 members (excludes halogenated alkanes) is 48. The first kappa shape index (κ1) is 82.2. The summed E-state index contributed by atoms with van der Waals surface area (Å²) < 4.78 is 30.5. The summed E-state index contributed by atoms with van der Waals surface area (Å²) >= 11 is 0. The van der Waals surface area contributed by atoms with Gasteiger partial charge in [0.1, 0.15) is 19.3 Å². The van der Waals surface area contributed by atoms with Gasteiger partial charge in [-0.1, -0.05) is 334 Å². The molecule has 10 heteroatoms. The van der Waals surface area contributed by atoms with Crippen molar-refractivity contribution in [3.63, 3.8) is 0 Å². The smallest absolute Gasteiger partial charge is 0.306 e. The first-order valence-corrected chi connectivity index (χ1v) is 38.3. The molecule has 0 saturated heterocycles. The van der Waals surface area contributed by atoms with Gasteiger partial charge in [0.15, 0.2) is 0 Å². The number of nitrogens with one attached hydrogen (secondary N) is 1. The van der Waals surface area contributed by atoms with Gasteiger partial charge in [-0.3, -0.25) is 14.2 Å². The molecule has 3 unspecified atom stereocenters. The Morgan fingerprint density at radius 3 is 1.10 bits per heavy atom. The molecule has 0 aromatic carbocycles. The number of amides is 1. The zero-order chi connectivity index (χ0) is 61.4. The minimum absolute atomic E-state index is 0.0189. The van der Waals surface area contributed by atoms with Crippen LogP contribution in [0.25, 0.3) is 0 Å². The molecule has 0 saturated carbocycles. The second kappa shape index (κ2) is 64.2. The van der Waals surface area contributed by atoms with Gasteiger partial charge in [-0.25, -0.2) is 0 Å². The molecule has 0 spiro atoms. The van der Waals surface area contributed by atoms with E-state index in [1.807, 2.05) is 33.3 Å². The number of quaternary nitrogens is 1. The van der Waals surface area contributed by atoms with Crippen molar-refractivity contribution in [3.05, 3.63) is 36.5 Å². The van der Waals surface area contributed by atoms with E-state index < -0.39 is 20.0 Å². The molecule has 0 aromatic heterocycles. The molecular weight excluding hydrogens is 1060 g/mol. The Morgan fingerprint density at radius 2 is 0.726 bits per heavy atom. The number of carbonyl (C=O) groups is 2. The number of phosphoric acid groups is 1. The summed E-state index contributed by atoms with van der Waals surface area (Å²) in [5.41, 5.74) is 0. The lowest BCUT2D eigenvalue weighted by molar-refractivity contribution is -0.870. The average molecular weight is 1200 g/mol. The third kappa shape index (κ3) is 64.7. The highest BCUT2D eigenvalue weighted by atomic mass is 31.2. The molecule has 84 heavy (non-hydrogen) atoms. The number of ether oxygens (including phenoxy) is 1. The molecule has 9 nitrogen and oxygen atoms in total. The zero-order valence-corrected chi connectivity index (χ0v) is 57.8. The molecule has 0 heterocycles. The number of phosphoric ester groups is 1. The van der Waals surface area contributed by atoms with Gasteiger partial charge < -0.3 is 28.5 Å². The maximum Gasteiger partial charge on any atom is 0.306 e. The summed E-state index contributed by atoms with van der Waals surface area (Å²) in [6.45, 7) is 6.89. The van der Waals surface area contributed by atoms with E-state index in [9.17, 15) is 19.0 Å². The van der Waals surface area contributed by atoms with Crippen LogP contribution >= 0.6 is 7.82 Å². The lowest BCUT2D eigenvalue weighted by Crippen LogP contribution is -2.47. The predicted molar refractivity (Wildman–Crippen MR) is 363 cm³/mol. The van der Waals surface area contributed by atoms with Crippen molar-refractivity contribution in [2.24, 2.45) is 0 Å². The summed E-state index contributed by atoms with van der Waals surface area (Å²) in [5.74, 6) is -0.519. The van der Waals surface area contributed by atoms with Gasteiger partial charge >= 0.3 is 5.97 Å². The Labute approximate surface area is 523 Å². The highest BCUT2D eigenvalue weighted by Gasteiger charge is 2.27. The number of hydrogen-bond donors (Lipinski definition) is 1. The molecule has 0 bridgehead atoms. The summed E-state index contributed by atoms with van der Waals surface area (Å²) in [5, 5.41) is 3.05. The number of carbonyl (C=O) groups excluding carboxylic acids is 2. The molecule has 0 aliphatic carbocycles. The number of rotatable bonds is 68. The van der Waals surface area contributed by atoms with Crippen LogP contribution in [0.2, 0.25) is 0 Å². The van der Waals surface area contributed by atoms with Crippen LogP contribution in [0, 0.1) is 0 Å². The SMILES string of the molecule is CCCCC/C=C\C/C=C\CCCCCCCCCCCCCCCCCC(=O)NC(COP(=O)([O-])OCC[N+](C)(C)C)C(/C=C/CCCCCCCCCCCC)OC(=O)CCCCCCCCCCCCCCCCCCCCCCC. The maximum atomic E-state index is 13.6. The number of likely N-dealkylation sites (N-methyl/N-ethyl adjacent to an activating group) is 1. The van der Waals surface area contributed by atoms with E-state index in [0.29, 0.717) is 17.4 Å². The van der Waals surface area contributed by atoms with Gasteiger partial charge in [-0.05, 0) is 63.9 Å². The Bertz CT molecular complexity index is 1530. The van der Waals surface area contributed by atoms with Crippen molar-refractivity contribution in [1.29, 1.82) is 0 Å². The van der Waals surface area contributed by atoms with Crippen molar-refractivity contribution < 1.29 is 37.3 Å². The molecule has 0 aliphatic rings. The van der Waals surface area contributed by atoms with E-state index >= 15 is 0 Å². The number of hydrogen-bond acceptors (Lipinski definition) is 7. The fourth-order valence-corrected chi connectivity index (χ4v) is 11.9. The molecule has 0 fully saturated rings. The lowest BCUT2D eigenvalue weighted by Gasteiger charge is -2.30. The Balaban J connectivity index is 4.99. The number of esters is 1. The van der Waals surface area contributed by atoms with Crippen LogP contribution in [0.15, 0.2) is 36.5 Å². The first-order valence-electron chi connectivity index (χ1n) is 36.8. The third-order valence-corrected chi connectivity index (χ3v) is 17.8. The third-order valence-electron chi connectivity index (χ3n) is 16.8. The van der Waals surface area contributed by atoms with E-state index in [4.69, 9.17) is 13.8 Å². The van der Waals surface area contributed by atoms with Crippen LogP contribution in [0.5, 0.6) is 0 Å². The van der Waals surface area contributed by atoms with Crippen LogP contribution in [0.3, 0.4) is 0 Å². The summed E-state index contributed by atoms with van der Waals surface area (Å²) in [7, 11) is 1.20. The second-order valence-electron chi connectivity index (χ2n) is 26.5. The molecule has 0 radical (unpaired) electrons. The Kier molecular flexibility index (Phi) is 62.9. The molecule has 0 aromatic rings. The van der Waals surface area contributed by atoms with Crippen molar-refractivity contribution in [1.82, 2.24) is 5.32 Å². The zero-order valence-electron chi connectivity index (χ0n) is 56.9. The van der Waals surface area contributed by atoms with E-state index in [2.05, 4.69) is 50.4 Å². The molecule has 496 valence electrons. The fraction of sp³-hybridized carbons (Fsp3) is 0.892. The quantitative estimate of drug-likeness (QED) is 0.0212. The number of nitrogens with zero attached hydrogens (tertiary/aromatic N) is 1. The van der Waals surface area contributed by atoms with Gasteiger partial charge in [-0.2, -0.15) is 0 Å². The van der Waals surface area contributed by atoms with Crippen LogP contribution in [-0.2, 0) is 27.9 Å². The minimum atomic E-state index is -4.70. The van der Waals surface area contributed by atoms with Gasteiger partial charge in [0.2, 0.25) is 5.91 Å². The van der Waals surface area contributed by atoms with E-state index in [1.165, 1.54) is 276 Å². The topological polar surface area (TPSA) is 114 Å². The molecule has 1 N–H and O–H groups in total. The van der Waals surface area contributed by atoms with Gasteiger partial charge in [0, 0.05) is 12.8 Å². The predicted octanol–water partition coefficient (Wildman–Crippen LogP) is 22.8. The first-order chi connectivity index (χ1) is 40.9. The van der Waals surface area contributed by atoms with Gasteiger partial charge in [-0.15, -0.1) is 0 Å². The molecular formula is C74H143N2O7P. The number of allylic oxidation sites excluding steroid dienone is 5. The monoisotopic (exact) mass is 1200 g/mol. The highest BCUT2D eigenvalue weighted by molar-refractivity contribution is 7.45. The van der Waals surface area contributed by atoms with E-state index in [-0.39, 0.29) is 31.5 Å². The summed E-state index contributed by atoms with van der Waals surface area (Å²) in [6.07, 6.45) is 79.9. The Hall–Kier alpha value is -1.77. The molecule has 1 amide bonds. The normalized spacial score (nSPS) is 13.7. The van der Waals surface area contributed by atoms with Crippen molar-refractivity contribution in [2.75, 3.05) is 40.9 Å².